The highest BCUT2D eigenvalue weighted by Crippen LogP contribution is 2.46. The third-order valence-corrected chi connectivity index (χ3v) is 3.57. The summed E-state index contributed by atoms with van der Waals surface area (Å²) in [5.74, 6) is -0.306. The number of nitrogens with one attached hydrogen (secondary N) is 1. The third kappa shape index (κ3) is 2.31. The Hall–Kier alpha value is -1.42. The van der Waals surface area contributed by atoms with Gasteiger partial charge in [-0.1, -0.05) is 12.1 Å². The van der Waals surface area contributed by atoms with Crippen LogP contribution < -0.4 is 5.32 Å². The summed E-state index contributed by atoms with van der Waals surface area (Å²) in [4.78, 5) is 11.4. The number of phenolic OH excluding ortho intramolecular Hbond substituents is 1. The van der Waals surface area contributed by atoms with Gasteiger partial charge < -0.3 is 15.2 Å². The van der Waals surface area contributed by atoms with Gasteiger partial charge in [0.1, 0.15) is 5.75 Å². The first-order chi connectivity index (χ1) is 8.09. The first-order valence-corrected chi connectivity index (χ1v) is 5.81. The summed E-state index contributed by atoms with van der Waals surface area (Å²) < 4.78 is 4.63. The lowest BCUT2D eigenvalue weighted by atomic mass is 10.1. The number of hydrogen-bond donors (Lipinski definition) is 2. The Kier molecular flexibility index (Phi) is 3.15. The standard InChI is InChI=1S/C12H14ClNO3/c1-17-11(16)10(13)12(6-7-12)14-8-4-2-3-5-9(8)15/h2-5,10,14-15H,6-7H2,1H3. The van der Waals surface area contributed by atoms with Gasteiger partial charge in [-0.05, 0) is 25.0 Å². The van der Waals surface area contributed by atoms with Gasteiger partial charge in [0.15, 0.2) is 5.38 Å². The summed E-state index contributed by atoms with van der Waals surface area (Å²) in [5, 5.41) is 12.0. The molecule has 0 bridgehead atoms. The molecule has 17 heavy (non-hydrogen) atoms. The van der Waals surface area contributed by atoms with Gasteiger partial charge in [0.25, 0.3) is 0 Å². The van der Waals surface area contributed by atoms with E-state index in [9.17, 15) is 9.90 Å². The van der Waals surface area contributed by atoms with E-state index in [1.165, 1.54) is 7.11 Å². The molecule has 0 saturated heterocycles. The molecule has 4 nitrogen and oxygen atoms in total. The molecule has 0 radical (unpaired) electrons. The molecule has 2 N–H and O–H groups in total. The molecule has 1 aliphatic rings. The Balaban J connectivity index is 2.13. The number of hydrogen-bond acceptors (Lipinski definition) is 4. The van der Waals surface area contributed by atoms with Gasteiger partial charge in [-0.25, -0.2) is 0 Å². The van der Waals surface area contributed by atoms with E-state index in [4.69, 9.17) is 11.6 Å². The molecule has 0 spiro atoms. The number of methoxy groups -OCH3 is 1. The largest absolute Gasteiger partial charge is 0.506 e. The number of halogens is 1. The summed E-state index contributed by atoms with van der Waals surface area (Å²) in [6.07, 6.45) is 1.56. The number of benzene rings is 1. The maximum absolute atomic E-state index is 11.4. The van der Waals surface area contributed by atoms with Gasteiger partial charge >= 0.3 is 5.97 Å². The van der Waals surface area contributed by atoms with Gasteiger partial charge in [0, 0.05) is 0 Å². The van der Waals surface area contributed by atoms with Crippen LogP contribution in [0.25, 0.3) is 0 Å². The molecular formula is C12H14ClNO3. The normalized spacial score (nSPS) is 18.2. The highest BCUT2D eigenvalue weighted by atomic mass is 35.5. The average molecular weight is 256 g/mol. The lowest BCUT2D eigenvalue weighted by molar-refractivity contribution is -0.140. The quantitative estimate of drug-likeness (QED) is 0.492. The topological polar surface area (TPSA) is 58.6 Å². The molecule has 1 aromatic carbocycles. The van der Waals surface area contributed by atoms with Crippen molar-refractivity contribution in [3.05, 3.63) is 24.3 Å². The molecule has 0 aliphatic heterocycles. The Labute approximate surface area is 105 Å². The fourth-order valence-corrected chi connectivity index (χ4v) is 2.11. The molecule has 1 aromatic rings. The predicted octanol–water partition coefficient (Wildman–Crippen LogP) is 2.12. The van der Waals surface area contributed by atoms with Crippen LogP contribution in [0.15, 0.2) is 24.3 Å². The predicted molar refractivity (Wildman–Crippen MR) is 65.4 cm³/mol. The summed E-state index contributed by atoms with van der Waals surface area (Å²) in [5.41, 5.74) is 0.0903. The van der Waals surface area contributed by atoms with Crippen molar-refractivity contribution in [2.75, 3.05) is 12.4 Å². The van der Waals surface area contributed by atoms with Crippen LogP contribution in [0.3, 0.4) is 0 Å². The molecule has 1 unspecified atom stereocenters. The lowest BCUT2D eigenvalue weighted by Gasteiger charge is -2.22. The van der Waals surface area contributed by atoms with Crippen molar-refractivity contribution in [2.45, 2.75) is 23.8 Å². The van der Waals surface area contributed by atoms with Crippen molar-refractivity contribution in [3.8, 4) is 5.75 Å². The fraction of sp³-hybridized carbons (Fsp3) is 0.417. The van der Waals surface area contributed by atoms with Crippen LogP contribution in [-0.2, 0) is 9.53 Å². The van der Waals surface area contributed by atoms with E-state index in [0.29, 0.717) is 5.69 Å². The van der Waals surface area contributed by atoms with E-state index in [2.05, 4.69) is 10.1 Å². The van der Waals surface area contributed by atoms with Gasteiger partial charge in [-0.15, -0.1) is 11.6 Å². The minimum absolute atomic E-state index is 0.146. The molecule has 0 heterocycles. The van der Waals surface area contributed by atoms with Crippen LogP contribution in [-0.4, -0.2) is 29.1 Å². The number of carbonyl (C=O) groups excluding carboxylic acids is 1. The summed E-state index contributed by atoms with van der Waals surface area (Å²) >= 11 is 6.07. The van der Waals surface area contributed by atoms with Crippen molar-refractivity contribution in [2.24, 2.45) is 0 Å². The minimum atomic E-state index is -0.743. The average Bonchev–Trinajstić information content (AvgIpc) is 3.11. The van der Waals surface area contributed by atoms with E-state index in [1.807, 2.05) is 0 Å². The number of esters is 1. The molecule has 92 valence electrons. The molecule has 1 aliphatic carbocycles. The fourth-order valence-electron chi connectivity index (χ4n) is 1.75. The minimum Gasteiger partial charge on any atom is -0.506 e. The van der Waals surface area contributed by atoms with Crippen LogP contribution in [0.5, 0.6) is 5.75 Å². The van der Waals surface area contributed by atoms with E-state index < -0.39 is 16.9 Å². The zero-order valence-electron chi connectivity index (χ0n) is 9.44. The first kappa shape index (κ1) is 12.0. The van der Waals surface area contributed by atoms with Gasteiger partial charge in [0.2, 0.25) is 0 Å². The van der Waals surface area contributed by atoms with Gasteiger partial charge in [-0.3, -0.25) is 4.79 Å². The van der Waals surface area contributed by atoms with Gasteiger partial charge in [-0.2, -0.15) is 0 Å². The third-order valence-electron chi connectivity index (χ3n) is 2.97. The second-order valence-corrected chi connectivity index (χ2v) is 4.62. The highest BCUT2D eigenvalue weighted by Gasteiger charge is 2.52. The molecule has 1 fully saturated rings. The Morgan fingerprint density at radius 1 is 1.53 bits per heavy atom. The number of carbonyl (C=O) groups is 1. The van der Waals surface area contributed by atoms with Crippen LogP contribution in [0.4, 0.5) is 5.69 Å². The van der Waals surface area contributed by atoms with E-state index in [-0.39, 0.29) is 5.75 Å². The van der Waals surface area contributed by atoms with E-state index in [0.717, 1.165) is 12.8 Å². The summed E-state index contributed by atoms with van der Waals surface area (Å²) in [6.45, 7) is 0. The highest BCUT2D eigenvalue weighted by molar-refractivity contribution is 6.31. The first-order valence-electron chi connectivity index (χ1n) is 5.37. The Morgan fingerprint density at radius 2 is 2.18 bits per heavy atom. The molecule has 0 amide bonds. The number of ether oxygens (including phenoxy) is 1. The van der Waals surface area contributed by atoms with Crippen LogP contribution >= 0.6 is 11.6 Å². The SMILES string of the molecule is COC(=O)C(Cl)C1(Nc2ccccc2O)CC1. The maximum atomic E-state index is 11.4. The number of alkyl halides is 1. The van der Waals surface area contributed by atoms with Crippen molar-refractivity contribution < 1.29 is 14.6 Å². The van der Waals surface area contributed by atoms with Crippen molar-refractivity contribution in [3.63, 3.8) is 0 Å². The second-order valence-electron chi connectivity index (χ2n) is 4.18. The van der Waals surface area contributed by atoms with Crippen molar-refractivity contribution in [1.29, 1.82) is 0 Å². The lowest BCUT2D eigenvalue weighted by Crippen LogP contribution is -2.38. The van der Waals surface area contributed by atoms with Gasteiger partial charge in [0.05, 0.1) is 18.3 Å². The van der Waals surface area contributed by atoms with Crippen LogP contribution in [0.1, 0.15) is 12.8 Å². The zero-order valence-corrected chi connectivity index (χ0v) is 10.2. The van der Waals surface area contributed by atoms with E-state index in [1.54, 1.807) is 24.3 Å². The molecule has 2 rings (SSSR count). The number of para-hydroxylation sites is 2. The van der Waals surface area contributed by atoms with Crippen LogP contribution in [0, 0.1) is 0 Å². The second kappa shape index (κ2) is 4.45. The summed E-state index contributed by atoms with van der Waals surface area (Å²) in [6, 6.07) is 6.87. The number of aromatic hydroxyl groups is 1. The number of phenols is 1. The smallest absolute Gasteiger partial charge is 0.326 e. The molecule has 1 saturated carbocycles. The zero-order chi connectivity index (χ0) is 12.5. The van der Waals surface area contributed by atoms with E-state index >= 15 is 0 Å². The Morgan fingerprint density at radius 3 is 2.71 bits per heavy atom. The summed E-state index contributed by atoms with van der Waals surface area (Å²) in [7, 11) is 1.31. The molecule has 0 aromatic heterocycles. The van der Waals surface area contributed by atoms with Crippen molar-refractivity contribution >= 4 is 23.3 Å². The molecule has 5 heteroatoms. The van der Waals surface area contributed by atoms with Crippen molar-refractivity contribution in [1.82, 2.24) is 0 Å². The maximum Gasteiger partial charge on any atom is 0.326 e. The Bertz CT molecular complexity index is 432. The molecular weight excluding hydrogens is 242 g/mol. The molecule has 1 atom stereocenters. The van der Waals surface area contributed by atoms with Crippen LogP contribution in [0.2, 0.25) is 0 Å². The number of rotatable bonds is 4. The number of anilines is 1. The monoisotopic (exact) mass is 255 g/mol.